The second kappa shape index (κ2) is 1.76. The Bertz CT molecular complexity index is 80.0. The predicted octanol–water partition coefficient (Wildman–Crippen LogP) is 1.27. The third kappa shape index (κ3) is 0.679. The molecule has 1 rings (SSSR count). The molecule has 0 unspecified atom stereocenters. The Morgan fingerprint density at radius 2 is 1.67 bits per heavy atom. The van der Waals surface area contributed by atoms with Crippen LogP contribution in [0, 0.1) is 0 Å². The monoisotopic (exact) mass is 78.1 g/mol. The van der Waals surface area contributed by atoms with Crippen molar-refractivity contribution in [1.29, 1.82) is 0 Å². The van der Waals surface area contributed by atoms with Gasteiger partial charge in [0, 0.05) is 1.43 Å². The van der Waals surface area contributed by atoms with E-state index in [9.17, 15) is 0 Å². The van der Waals surface area contributed by atoms with Gasteiger partial charge in [0.25, 0.3) is 0 Å². The Hall–Kier alpha value is -0.585. The van der Waals surface area contributed by atoms with Gasteiger partial charge in [-0.3, -0.25) is 0 Å². The first-order valence-electron chi connectivity index (χ1n) is 2.00. The van der Waals surface area contributed by atoms with Crippen LogP contribution < -0.4 is 0 Å². The van der Waals surface area contributed by atoms with E-state index in [0.717, 1.165) is 0 Å². The van der Waals surface area contributed by atoms with Crippen molar-refractivity contribution in [2.75, 3.05) is 0 Å². The summed E-state index contributed by atoms with van der Waals surface area (Å²) in [5.74, 6) is 4.00. The van der Waals surface area contributed by atoms with Crippen molar-refractivity contribution in [3.05, 3.63) is 30.1 Å². The van der Waals surface area contributed by atoms with Crippen molar-refractivity contribution < 1.29 is 1.43 Å². The fraction of sp³-hybridized carbons (Fsp3) is 0. The molecule has 30 valence electrons. The Balaban J connectivity index is 0.000000360. The Labute approximate surface area is 39.5 Å². The van der Waals surface area contributed by atoms with E-state index in [1.165, 1.54) is 0 Å². The topological polar surface area (TPSA) is 0 Å². The van der Waals surface area contributed by atoms with E-state index in [1.807, 2.05) is 37.0 Å². The van der Waals surface area contributed by atoms with E-state index in [4.69, 9.17) is 0 Å². The molecule has 0 atom stereocenters. The summed E-state index contributed by atoms with van der Waals surface area (Å²) in [6.07, 6.45) is 0. The average Bonchev–Trinajstić information content (AvgIpc) is 1.72. The average molecular weight is 77.9 g/mol. The molecule has 0 fully saturated rings. The second-order valence-electron chi connectivity index (χ2n) is 1.15. The molecule has 1 aromatic heterocycles. The zero-order chi connectivity index (χ0) is 4.24. The summed E-state index contributed by atoms with van der Waals surface area (Å²) in [7, 11) is 0. The fourth-order valence-electron chi connectivity index (χ4n) is 0.385. The van der Waals surface area contributed by atoms with Crippen molar-refractivity contribution in [2.24, 2.45) is 0 Å². The first kappa shape index (κ1) is 3.60. The van der Waals surface area contributed by atoms with Crippen molar-refractivity contribution in [3.63, 3.8) is 0 Å². The van der Waals surface area contributed by atoms with Crippen LogP contribution in [-0.2, 0) is 0 Å². The third-order valence-corrected chi connectivity index (χ3v) is 0.667. The van der Waals surface area contributed by atoms with Crippen LogP contribution in [0.1, 0.15) is 1.43 Å². The van der Waals surface area contributed by atoms with Gasteiger partial charge in [0.2, 0.25) is 0 Å². The first-order chi connectivity index (χ1) is 3.00. The molecule has 0 aliphatic rings. The van der Waals surface area contributed by atoms with Crippen LogP contribution in [0.3, 0.4) is 0 Å². The molecular weight excluding hydrogens is 70.9 g/mol. The molecule has 0 aromatic carbocycles. The van der Waals surface area contributed by atoms with Gasteiger partial charge in [-0.05, 0) is 0 Å². The zero-order valence-electron chi connectivity index (χ0n) is 3.46. The summed E-state index contributed by atoms with van der Waals surface area (Å²) in [5.41, 5.74) is 0. The molecule has 0 N–H and O–H groups in total. The molecule has 6 heavy (non-hydrogen) atoms. The van der Waals surface area contributed by atoms with E-state index in [1.54, 1.807) is 0 Å². The van der Waals surface area contributed by atoms with Crippen LogP contribution in [0.15, 0.2) is 30.1 Å². The summed E-state index contributed by atoms with van der Waals surface area (Å²) < 4.78 is 0. The Morgan fingerprint density at radius 1 is 1.00 bits per heavy atom. The number of hydrogen-bond donors (Lipinski definition) is 0. The summed E-state index contributed by atoms with van der Waals surface area (Å²) in [5, 5.41) is 0. The fourth-order valence-corrected chi connectivity index (χ4v) is 0.385. The van der Waals surface area contributed by atoms with Crippen LogP contribution in [0.25, 0.3) is 0 Å². The molecule has 0 saturated heterocycles. The standard InChI is InChI=1S/C5H5B.H2/c1-2-4-6-5-3-1;/h1-5H;1H. The van der Waals surface area contributed by atoms with Crippen molar-refractivity contribution in [3.8, 4) is 0 Å². The number of rotatable bonds is 0. The van der Waals surface area contributed by atoms with Crippen molar-refractivity contribution in [1.82, 2.24) is 0 Å². The molecule has 0 aliphatic heterocycles. The van der Waals surface area contributed by atoms with Gasteiger partial charge < -0.3 is 0 Å². The quantitative estimate of drug-likeness (QED) is 0.438. The summed E-state index contributed by atoms with van der Waals surface area (Å²) >= 11 is 0. The van der Waals surface area contributed by atoms with Crippen LogP contribution in [0.4, 0.5) is 0 Å². The van der Waals surface area contributed by atoms with E-state index in [2.05, 4.69) is 0 Å². The molecule has 0 saturated carbocycles. The maximum absolute atomic E-state index is 2.00. The van der Waals surface area contributed by atoms with E-state index >= 15 is 0 Å². The van der Waals surface area contributed by atoms with Gasteiger partial charge in [-0.2, -0.15) is 0 Å². The summed E-state index contributed by atoms with van der Waals surface area (Å²) in [6.45, 7) is 2.00. The summed E-state index contributed by atoms with van der Waals surface area (Å²) in [4.78, 5) is 0. The van der Waals surface area contributed by atoms with Crippen LogP contribution in [0.5, 0.6) is 0 Å². The Kier molecular flexibility index (Phi) is 1.05. The second-order valence-corrected chi connectivity index (χ2v) is 1.15. The zero-order valence-corrected chi connectivity index (χ0v) is 3.46. The van der Waals surface area contributed by atoms with Crippen LogP contribution in [0.2, 0.25) is 0 Å². The van der Waals surface area contributed by atoms with Gasteiger partial charge in [-0.1, -0.05) is 0 Å². The maximum atomic E-state index is 2.00. The normalized spacial score (nSPS) is 7.33. The molecule has 0 aliphatic carbocycles. The van der Waals surface area contributed by atoms with Gasteiger partial charge in [-0.15, -0.1) is 0 Å². The molecule has 0 nitrogen and oxygen atoms in total. The SMILES string of the molecule is [HH].b1ccccc1. The minimum absolute atomic E-state index is 0. The van der Waals surface area contributed by atoms with Crippen LogP contribution in [-0.4, -0.2) is 6.91 Å². The minimum atomic E-state index is 0. The molecule has 1 heteroatoms. The molecule has 0 radical (unpaired) electrons. The Morgan fingerprint density at radius 3 is 1.83 bits per heavy atom. The summed E-state index contributed by atoms with van der Waals surface area (Å²) in [6, 6.07) is 6.00. The van der Waals surface area contributed by atoms with E-state index in [-0.39, 0.29) is 1.43 Å². The van der Waals surface area contributed by atoms with E-state index in [0.29, 0.717) is 0 Å². The molecule has 0 amide bonds. The molecule has 0 bridgehead atoms. The third-order valence-electron chi connectivity index (χ3n) is 0.667. The van der Waals surface area contributed by atoms with Gasteiger partial charge in [-0.25, -0.2) is 0 Å². The number of hydrogen-bond acceptors (Lipinski definition) is 0. The molecule has 1 aromatic rings. The molecule has 1 heterocycles. The van der Waals surface area contributed by atoms with Gasteiger partial charge in [0.15, 0.2) is 0 Å². The first-order valence-corrected chi connectivity index (χ1v) is 2.00. The van der Waals surface area contributed by atoms with Gasteiger partial charge in [0.1, 0.15) is 0 Å². The molecular formula is C5H7B. The van der Waals surface area contributed by atoms with Gasteiger partial charge in [0.05, 0.1) is 0 Å². The predicted molar refractivity (Wildman–Crippen MR) is 29.9 cm³/mol. The van der Waals surface area contributed by atoms with Crippen molar-refractivity contribution in [2.45, 2.75) is 0 Å². The van der Waals surface area contributed by atoms with Crippen molar-refractivity contribution >= 4 is 6.91 Å². The van der Waals surface area contributed by atoms with Gasteiger partial charge >= 0.3 is 37.0 Å². The van der Waals surface area contributed by atoms with E-state index < -0.39 is 0 Å². The van der Waals surface area contributed by atoms with Crippen LogP contribution >= 0.6 is 0 Å². The molecule has 0 spiro atoms.